The Kier molecular flexibility index (Phi) is 5.31. The average molecular weight is 359 g/mol. The first kappa shape index (κ1) is 20.1. The molecule has 0 saturated carbocycles. The molecule has 1 aliphatic heterocycles. The zero-order chi connectivity index (χ0) is 19.9. The van der Waals surface area contributed by atoms with Gasteiger partial charge in [0.15, 0.2) is 0 Å². The molecule has 2 unspecified atom stereocenters. The van der Waals surface area contributed by atoms with Crippen molar-refractivity contribution < 1.29 is 14.7 Å². The fourth-order valence-electron chi connectivity index (χ4n) is 3.47. The Balaban J connectivity index is 2.11. The third-order valence-corrected chi connectivity index (χ3v) is 5.05. The van der Waals surface area contributed by atoms with E-state index in [1.165, 1.54) is 0 Å². The Labute approximate surface area is 155 Å². The van der Waals surface area contributed by atoms with Gasteiger partial charge in [0, 0.05) is 5.69 Å². The molecule has 2 atom stereocenters. The molecule has 0 fully saturated rings. The van der Waals surface area contributed by atoms with Gasteiger partial charge in [-0.1, -0.05) is 18.2 Å². The van der Waals surface area contributed by atoms with Crippen LogP contribution in [0.3, 0.4) is 0 Å². The van der Waals surface area contributed by atoms with Gasteiger partial charge in [-0.25, -0.2) is 0 Å². The van der Waals surface area contributed by atoms with E-state index in [0.717, 1.165) is 16.8 Å². The minimum absolute atomic E-state index is 0.00258. The Hall–Kier alpha value is -2.18. The number of anilines is 1. The second-order valence-electron chi connectivity index (χ2n) is 8.19. The molecule has 0 spiro atoms. The van der Waals surface area contributed by atoms with E-state index in [4.69, 9.17) is 0 Å². The third kappa shape index (κ3) is 3.66. The van der Waals surface area contributed by atoms with E-state index in [9.17, 15) is 14.8 Å². The van der Waals surface area contributed by atoms with Crippen molar-refractivity contribution >= 4 is 17.5 Å². The molecule has 0 aliphatic carbocycles. The summed E-state index contributed by atoms with van der Waals surface area (Å²) in [6.45, 7) is 12.6. The maximum absolute atomic E-state index is 12.7. The van der Waals surface area contributed by atoms with Gasteiger partial charge < -0.3 is 20.9 Å². The van der Waals surface area contributed by atoms with Crippen molar-refractivity contribution in [3.8, 4) is 0 Å². The zero-order valence-electron chi connectivity index (χ0n) is 16.6. The highest BCUT2D eigenvalue weighted by atomic mass is 16.5. The Morgan fingerprint density at radius 3 is 2.12 bits per heavy atom. The third-order valence-electron chi connectivity index (χ3n) is 5.05. The molecule has 1 aliphatic rings. The predicted molar refractivity (Wildman–Crippen MR) is 103 cm³/mol. The number of hydroxylamine groups is 2. The first-order valence-corrected chi connectivity index (χ1v) is 8.84. The minimum atomic E-state index is -0.865. The summed E-state index contributed by atoms with van der Waals surface area (Å²) in [7, 11) is 0. The lowest BCUT2D eigenvalue weighted by Crippen LogP contribution is -3.20. The van der Waals surface area contributed by atoms with E-state index >= 15 is 0 Å². The average Bonchev–Trinajstić information content (AvgIpc) is 2.70. The van der Waals surface area contributed by atoms with Crippen molar-refractivity contribution in [3.05, 3.63) is 46.2 Å². The van der Waals surface area contributed by atoms with Crippen LogP contribution < -0.4 is 15.7 Å². The SMILES string of the molecule is Cc1cccc(C)c1NC(=O)C(C)NC(=O)C1=CC(C)(C)[NH+]([O-])C1(C)C. The lowest BCUT2D eigenvalue weighted by atomic mass is 9.95. The molecular formula is C20H29N3O3. The highest BCUT2D eigenvalue weighted by molar-refractivity contribution is 6.02. The van der Waals surface area contributed by atoms with E-state index < -0.39 is 17.1 Å². The minimum Gasteiger partial charge on any atom is -0.633 e. The lowest BCUT2D eigenvalue weighted by molar-refractivity contribution is -0.927. The smallest absolute Gasteiger partial charge is 0.254 e. The number of hydrogen-bond acceptors (Lipinski definition) is 3. The van der Waals surface area contributed by atoms with E-state index in [2.05, 4.69) is 10.6 Å². The summed E-state index contributed by atoms with van der Waals surface area (Å²) in [5.41, 5.74) is 1.55. The number of quaternary nitrogens is 1. The molecule has 1 aromatic carbocycles. The highest BCUT2D eigenvalue weighted by Gasteiger charge is 2.48. The monoisotopic (exact) mass is 359 g/mol. The van der Waals surface area contributed by atoms with Gasteiger partial charge >= 0.3 is 0 Å². The number of carbonyl (C=O) groups is 2. The van der Waals surface area contributed by atoms with E-state index in [1.807, 2.05) is 32.0 Å². The molecule has 142 valence electrons. The van der Waals surface area contributed by atoms with Crippen LogP contribution in [0.15, 0.2) is 29.8 Å². The van der Waals surface area contributed by atoms with E-state index in [0.29, 0.717) is 5.57 Å². The number of benzene rings is 1. The number of amides is 2. The summed E-state index contributed by atoms with van der Waals surface area (Å²) in [6, 6.07) is 5.05. The molecule has 1 aromatic rings. The van der Waals surface area contributed by atoms with Crippen molar-refractivity contribution in [2.24, 2.45) is 0 Å². The van der Waals surface area contributed by atoms with Gasteiger partial charge in [-0.2, -0.15) is 0 Å². The second kappa shape index (κ2) is 6.85. The van der Waals surface area contributed by atoms with Gasteiger partial charge in [0.2, 0.25) is 5.91 Å². The van der Waals surface area contributed by atoms with E-state index in [1.54, 1.807) is 40.7 Å². The number of hydrogen-bond donors (Lipinski definition) is 3. The summed E-state index contributed by atoms with van der Waals surface area (Å²) >= 11 is 0. The predicted octanol–water partition coefficient (Wildman–Crippen LogP) is 1.63. The second-order valence-corrected chi connectivity index (χ2v) is 8.19. The largest absolute Gasteiger partial charge is 0.633 e. The van der Waals surface area contributed by atoms with Gasteiger partial charge in [0.05, 0.1) is 5.57 Å². The molecule has 0 radical (unpaired) electrons. The molecule has 2 amide bonds. The van der Waals surface area contributed by atoms with Crippen molar-refractivity contribution in [1.82, 2.24) is 5.32 Å². The molecule has 0 saturated heterocycles. The molecule has 6 nitrogen and oxygen atoms in total. The summed E-state index contributed by atoms with van der Waals surface area (Å²) in [6.07, 6.45) is 1.71. The molecule has 6 heteroatoms. The Bertz CT molecular complexity index is 745. The maximum Gasteiger partial charge on any atom is 0.254 e. The van der Waals surface area contributed by atoms with Crippen LogP contribution in [0.5, 0.6) is 0 Å². The van der Waals surface area contributed by atoms with Crippen LogP contribution in [0.2, 0.25) is 0 Å². The fourth-order valence-corrected chi connectivity index (χ4v) is 3.47. The molecule has 1 heterocycles. The Morgan fingerprint density at radius 2 is 1.65 bits per heavy atom. The van der Waals surface area contributed by atoms with Crippen molar-refractivity contribution in [2.45, 2.75) is 65.6 Å². The molecule has 0 bridgehead atoms. The fraction of sp³-hybridized carbons (Fsp3) is 0.500. The van der Waals surface area contributed by atoms with Crippen LogP contribution in [0.1, 0.15) is 45.7 Å². The van der Waals surface area contributed by atoms with Crippen molar-refractivity contribution in [2.75, 3.05) is 5.32 Å². The molecule has 2 rings (SSSR count). The summed E-state index contributed by atoms with van der Waals surface area (Å²) in [5.74, 6) is -0.671. The van der Waals surface area contributed by atoms with Crippen LogP contribution >= 0.6 is 0 Å². The van der Waals surface area contributed by atoms with Gasteiger partial charge in [-0.05, 0) is 65.7 Å². The lowest BCUT2D eigenvalue weighted by Gasteiger charge is -2.41. The molecule has 3 N–H and O–H groups in total. The summed E-state index contributed by atoms with van der Waals surface area (Å²) < 4.78 is 0. The normalized spacial score (nSPS) is 21.7. The molecular weight excluding hydrogens is 330 g/mol. The number of para-hydroxylation sites is 1. The van der Waals surface area contributed by atoms with Gasteiger partial charge in [0.25, 0.3) is 5.91 Å². The van der Waals surface area contributed by atoms with E-state index in [-0.39, 0.29) is 16.9 Å². The van der Waals surface area contributed by atoms with Gasteiger partial charge in [-0.3, -0.25) is 9.59 Å². The first-order chi connectivity index (χ1) is 11.9. The Morgan fingerprint density at radius 1 is 1.12 bits per heavy atom. The maximum atomic E-state index is 12.7. The first-order valence-electron chi connectivity index (χ1n) is 8.84. The summed E-state index contributed by atoms with van der Waals surface area (Å²) in [5, 5.41) is 18.1. The number of nitrogens with one attached hydrogen (secondary N) is 3. The van der Waals surface area contributed by atoms with Gasteiger partial charge in [-0.15, -0.1) is 0 Å². The zero-order valence-corrected chi connectivity index (χ0v) is 16.6. The summed E-state index contributed by atoms with van der Waals surface area (Å²) in [4.78, 5) is 25.2. The molecule has 0 aromatic heterocycles. The van der Waals surface area contributed by atoms with Crippen molar-refractivity contribution in [3.63, 3.8) is 0 Å². The number of aryl methyl sites for hydroxylation is 2. The standard InChI is InChI=1S/C20H29N3O3/c1-12-9-8-10-13(2)16(12)22-17(24)14(3)21-18(25)15-11-19(4,5)23(26)20(15,6)7/h8-11,14,23H,1-7H3,(H,21,25)(H,22,24). The molecule has 26 heavy (non-hydrogen) atoms. The van der Waals surface area contributed by atoms with Crippen LogP contribution in [-0.4, -0.2) is 28.9 Å². The highest BCUT2D eigenvalue weighted by Crippen LogP contribution is 2.25. The number of carbonyl (C=O) groups excluding carboxylic acids is 2. The van der Waals surface area contributed by atoms with Crippen LogP contribution in [0.4, 0.5) is 5.69 Å². The van der Waals surface area contributed by atoms with Crippen molar-refractivity contribution in [1.29, 1.82) is 0 Å². The quantitative estimate of drug-likeness (QED) is 0.714. The number of rotatable bonds is 4. The topological polar surface area (TPSA) is 85.7 Å². The van der Waals surface area contributed by atoms with Gasteiger partial charge in [0.1, 0.15) is 17.1 Å². The van der Waals surface area contributed by atoms with Crippen LogP contribution in [0, 0.1) is 19.1 Å². The van der Waals surface area contributed by atoms with Crippen LogP contribution in [0.25, 0.3) is 0 Å². The van der Waals surface area contributed by atoms with Crippen LogP contribution in [-0.2, 0) is 9.59 Å².